The summed E-state index contributed by atoms with van der Waals surface area (Å²) in [6.07, 6.45) is 0. The minimum Gasteiger partial charge on any atom is -0.413 e. The average molecular weight is 394 g/mol. The van der Waals surface area contributed by atoms with E-state index in [0.717, 1.165) is 21.2 Å². The Hall–Kier alpha value is -0.973. The molecule has 2 rings (SSSR count). The maximum Gasteiger partial charge on any atom is 0.205 e. The molecule has 2 aromatic carbocycles. The van der Waals surface area contributed by atoms with E-state index in [2.05, 4.69) is 74.1 Å². The van der Waals surface area contributed by atoms with Crippen molar-refractivity contribution < 1.29 is 8.82 Å². The lowest BCUT2D eigenvalue weighted by molar-refractivity contribution is 0.314. The SMILES string of the molecule is C[Si](C)OCc1c(Br)cc(F)cc1-c1ccc(C(C)(C)C)cc1. The molecule has 0 saturated carbocycles. The lowest BCUT2D eigenvalue weighted by Gasteiger charge is -2.20. The van der Waals surface area contributed by atoms with Crippen molar-refractivity contribution in [2.45, 2.75) is 45.9 Å². The van der Waals surface area contributed by atoms with Gasteiger partial charge in [0.25, 0.3) is 0 Å². The van der Waals surface area contributed by atoms with Crippen molar-refractivity contribution in [2.75, 3.05) is 0 Å². The molecule has 1 nitrogen and oxygen atoms in total. The highest BCUT2D eigenvalue weighted by Gasteiger charge is 2.16. The summed E-state index contributed by atoms with van der Waals surface area (Å²) in [4.78, 5) is 0. The van der Waals surface area contributed by atoms with Crippen LogP contribution >= 0.6 is 15.9 Å². The van der Waals surface area contributed by atoms with Gasteiger partial charge < -0.3 is 4.43 Å². The topological polar surface area (TPSA) is 9.23 Å². The van der Waals surface area contributed by atoms with Gasteiger partial charge in [-0.15, -0.1) is 0 Å². The van der Waals surface area contributed by atoms with Crippen LogP contribution in [-0.4, -0.2) is 9.04 Å². The van der Waals surface area contributed by atoms with E-state index in [-0.39, 0.29) is 11.2 Å². The first-order valence-corrected chi connectivity index (χ1v) is 10.9. The van der Waals surface area contributed by atoms with Gasteiger partial charge in [0.2, 0.25) is 9.04 Å². The lowest BCUT2D eigenvalue weighted by atomic mass is 9.86. The molecule has 0 amide bonds. The summed E-state index contributed by atoms with van der Waals surface area (Å²) >= 11 is 3.48. The predicted molar refractivity (Wildman–Crippen MR) is 101 cm³/mol. The van der Waals surface area contributed by atoms with Crippen LogP contribution in [-0.2, 0) is 16.4 Å². The summed E-state index contributed by atoms with van der Waals surface area (Å²) in [5.74, 6) is -0.242. The smallest absolute Gasteiger partial charge is 0.205 e. The van der Waals surface area contributed by atoms with Crippen molar-refractivity contribution in [2.24, 2.45) is 0 Å². The van der Waals surface area contributed by atoms with Gasteiger partial charge in [0.05, 0.1) is 6.61 Å². The Morgan fingerprint density at radius 2 is 1.70 bits per heavy atom. The monoisotopic (exact) mass is 393 g/mol. The summed E-state index contributed by atoms with van der Waals surface area (Å²) in [5.41, 5.74) is 4.27. The molecule has 2 aromatic rings. The summed E-state index contributed by atoms with van der Waals surface area (Å²) in [6, 6.07) is 11.5. The Morgan fingerprint density at radius 3 is 2.22 bits per heavy atom. The molecule has 123 valence electrons. The standard InChI is InChI=1S/C19H23BrFOSi/c1-19(2,3)14-8-6-13(7-9-14)16-10-15(21)11-18(20)17(16)12-22-23(4)5/h6-11H,12H2,1-5H3. The van der Waals surface area contributed by atoms with Crippen LogP contribution in [0.25, 0.3) is 11.1 Å². The number of hydrogen-bond donors (Lipinski definition) is 0. The molecule has 0 spiro atoms. The Bertz CT molecular complexity index is 675. The molecule has 1 radical (unpaired) electrons. The summed E-state index contributed by atoms with van der Waals surface area (Å²) in [6.45, 7) is 11.3. The Morgan fingerprint density at radius 1 is 1.09 bits per heavy atom. The normalized spacial score (nSPS) is 12.0. The van der Waals surface area contributed by atoms with Gasteiger partial charge >= 0.3 is 0 Å². The van der Waals surface area contributed by atoms with Crippen LogP contribution < -0.4 is 0 Å². The van der Waals surface area contributed by atoms with Crippen molar-refractivity contribution in [3.8, 4) is 11.1 Å². The number of halogens is 2. The van der Waals surface area contributed by atoms with Gasteiger partial charge in [-0.1, -0.05) is 61.0 Å². The van der Waals surface area contributed by atoms with E-state index in [4.69, 9.17) is 4.43 Å². The second-order valence-corrected chi connectivity index (χ2v) is 9.90. The van der Waals surface area contributed by atoms with E-state index < -0.39 is 9.04 Å². The van der Waals surface area contributed by atoms with E-state index in [9.17, 15) is 4.39 Å². The zero-order valence-electron chi connectivity index (χ0n) is 14.3. The molecule has 0 aliphatic heterocycles. The fourth-order valence-corrected chi connectivity index (χ4v) is 3.35. The van der Waals surface area contributed by atoms with Crippen LogP contribution in [0.5, 0.6) is 0 Å². The molecular weight excluding hydrogens is 371 g/mol. The van der Waals surface area contributed by atoms with E-state index in [1.807, 2.05) is 0 Å². The van der Waals surface area contributed by atoms with Crippen LogP contribution in [0.15, 0.2) is 40.9 Å². The average Bonchev–Trinajstić information content (AvgIpc) is 2.44. The van der Waals surface area contributed by atoms with Crippen LogP contribution in [0.4, 0.5) is 4.39 Å². The van der Waals surface area contributed by atoms with Crippen LogP contribution in [0, 0.1) is 5.82 Å². The van der Waals surface area contributed by atoms with E-state index >= 15 is 0 Å². The van der Waals surface area contributed by atoms with Gasteiger partial charge in [-0.25, -0.2) is 4.39 Å². The summed E-state index contributed by atoms with van der Waals surface area (Å²) in [7, 11) is -0.797. The van der Waals surface area contributed by atoms with E-state index in [1.165, 1.54) is 11.6 Å². The van der Waals surface area contributed by atoms with E-state index in [1.54, 1.807) is 6.07 Å². The lowest BCUT2D eigenvalue weighted by Crippen LogP contribution is -2.10. The third kappa shape index (κ3) is 4.75. The molecule has 0 N–H and O–H groups in total. The molecule has 0 aromatic heterocycles. The third-order valence-electron chi connectivity index (χ3n) is 3.73. The highest BCUT2D eigenvalue weighted by atomic mass is 79.9. The molecular formula is C19H23BrFOSi. The van der Waals surface area contributed by atoms with Crippen molar-refractivity contribution in [1.29, 1.82) is 0 Å². The van der Waals surface area contributed by atoms with Crippen molar-refractivity contribution in [1.82, 2.24) is 0 Å². The van der Waals surface area contributed by atoms with Crippen LogP contribution in [0.1, 0.15) is 31.9 Å². The second-order valence-electron chi connectivity index (χ2n) is 6.94. The zero-order chi connectivity index (χ0) is 17.2. The molecule has 0 saturated heterocycles. The first kappa shape index (κ1) is 18.4. The summed E-state index contributed by atoms with van der Waals surface area (Å²) < 4.78 is 20.5. The minimum atomic E-state index is -0.797. The van der Waals surface area contributed by atoms with E-state index in [0.29, 0.717) is 6.61 Å². The second kappa shape index (κ2) is 7.28. The molecule has 0 heterocycles. The van der Waals surface area contributed by atoms with Crippen molar-refractivity contribution in [3.05, 3.63) is 57.8 Å². The molecule has 0 bridgehead atoms. The Balaban J connectivity index is 2.45. The fourth-order valence-electron chi connectivity index (χ4n) is 2.37. The molecule has 0 atom stereocenters. The third-order valence-corrected chi connectivity index (χ3v) is 5.16. The number of benzene rings is 2. The van der Waals surface area contributed by atoms with Crippen LogP contribution in [0.2, 0.25) is 13.1 Å². The van der Waals surface area contributed by atoms with Crippen LogP contribution in [0.3, 0.4) is 0 Å². The van der Waals surface area contributed by atoms with Gasteiger partial charge in [-0.2, -0.15) is 0 Å². The predicted octanol–water partition coefficient (Wildman–Crippen LogP) is 6.32. The molecule has 4 heteroatoms. The minimum absolute atomic E-state index is 0.106. The molecule has 0 unspecified atom stereocenters. The maximum atomic E-state index is 13.9. The van der Waals surface area contributed by atoms with Gasteiger partial charge in [0, 0.05) is 4.47 Å². The van der Waals surface area contributed by atoms with Crippen molar-refractivity contribution in [3.63, 3.8) is 0 Å². The highest BCUT2D eigenvalue weighted by Crippen LogP contribution is 2.33. The number of rotatable bonds is 4. The first-order valence-electron chi connectivity index (χ1n) is 7.70. The Labute approximate surface area is 148 Å². The largest absolute Gasteiger partial charge is 0.413 e. The van der Waals surface area contributed by atoms with Gasteiger partial charge in [0.1, 0.15) is 5.82 Å². The Kier molecular flexibility index (Phi) is 5.82. The first-order chi connectivity index (χ1) is 10.7. The zero-order valence-corrected chi connectivity index (χ0v) is 16.9. The summed E-state index contributed by atoms with van der Waals surface area (Å²) in [5, 5.41) is 0. The number of hydrogen-bond acceptors (Lipinski definition) is 1. The highest BCUT2D eigenvalue weighted by molar-refractivity contribution is 9.10. The van der Waals surface area contributed by atoms with Crippen molar-refractivity contribution >= 4 is 25.0 Å². The molecule has 0 fully saturated rings. The quantitative estimate of drug-likeness (QED) is 0.552. The maximum absolute atomic E-state index is 13.9. The van der Waals surface area contributed by atoms with Gasteiger partial charge in [-0.3, -0.25) is 0 Å². The molecule has 23 heavy (non-hydrogen) atoms. The fraction of sp³-hybridized carbons (Fsp3) is 0.368. The van der Waals surface area contributed by atoms with Gasteiger partial charge in [0.15, 0.2) is 0 Å². The molecule has 0 aliphatic rings. The van der Waals surface area contributed by atoms with Gasteiger partial charge in [-0.05, 0) is 52.9 Å². The molecule has 0 aliphatic carbocycles.